The number of amides is 1. The van der Waals surface area contributed by atoms with Gasteiger partial charge in [0.1, 0.15) is 11.6 Å². The first-order valence-corrected chi connectivity index (χ1v) is 10.5. The number of pyridine rings is 2. The monoisotopic (exact) mass is 471 g/mol. The molecule has 1 saturated heterocycles. The van der Waals surface area contributed by atoms with Crippen LogP contribution in [0.15, 0.2) is 24.4 Å². The molecule has 12 heteroatoms. The Balaban J connectivity index is 1.90. The molecule has 2 aromatic heterocycles. The molecule has 4 heterocycles. The van der Waals surface area contributed by atoms with E-state index in [0.29, 0.717) is 19.6 Å². The third-order valence-corrected chi connectivity index (χ3v) is 5.61. The van der Waals surface area contributed by atoms with Crippen LogP contribution in [0.2, 0.25) is 0 Å². The van der Waals surface area contributed by atoms with Gasteiger partial charge in [0.2, 0.25) is 6.10 Å². The minimum atomic E-state index is -4.94. The van der Waals surface area contributed by atoms with E-state index in [4.69, 9.17) is 0 Å². The molecule has 2 aliphatic rings. The molecule has 4 rings (SSSR count). The number of carbonyl (C=O) groups excluding carboxylic acids is 1. The van der Waals surface area contributed by atoms with Crippen molar-refractivity contribution in [2.75, 3.05) is 36.4 Å². The third-order valence-electron chi connectivity index (χ3n) is 5.61. The summed E-state index contributed by atoms with van der Waals surface area (Å²) in [6, 6.07) is 3.62. The second-order valence-electron chi connectivity index (χ2n) is 7.82. The molecule has 0 aromatic carbocycles. The predicted molar refractivity (Wildman–Crippen MR) is 110 cm³/mol. The summed E-state index contributed by atoms with van der Waals surface area (Å²) < 4.78 is 75.2. The van der Waals surface area contributed by atoms with E-state index in [1.54, 1.807) is 0 Å². The first-order chi connectivity index (χ1) is 15.6. The Kier molecular flexibility index (Phi) is 6.12. The van der Waals surface area contributed by atoms with E-state index in [1.165, 1.54) is 25.3 Å². The molecule has 0 unspecified atom stereocenters. The Bertz CT molecular complexity index is 1040. The lowest BCUT2D eigenvalue weighted by molar-refractivity contribution is -0.206. The maximum absolute atomic E-state index is 14.7. The Morgan fingerprint density at radius 2 is 1.97 bits per heavy atom. The number of alkyl halides is 5. The summed E-state index contributed by atoms with van der Waals surface area (Å²) in [6.45, 7) is 3.77. The highest BCUT2D eigenvalue weighted by Crippen LogP contribution is 2.46. The van der Waals surface area contributed by atoms with Gasteiger partial charge in [-0.3, -0.25) is 5.32 Å². The molecule has 0 spiro atoms. The zero-order valence-electron chi connectivity index (χ0n) is 17.7. The zero-order valence-corrected chi connectivity index (χ0v) is 17.7. The van der Waals surface area contributed by atoms with Crippen LogP contribution in [0.5, 0.6) is 0 Å². The van der Waals surface area contributed by atoms with Crippen molar-refractivity contribution in [3.8, 4) is 11.3 Å². The normalized spacial score (nSPS) is 19.4. The average Bonchev–Trinajstić information content (AvgIpc) is 3.06. The van der Waals surface area contributed by atoms with Gasteiger partial charge in [-0.25, -0.2) is 23.5 Å². The summed E-state index contributed by atoms with van der Waals surface area (Å²) in [5, 5.41) is 5.36. The van der Waals surface area contributed by atoms with Crippen molar-refractivity contribution in [2.45, 2.75) is 38.0 Å². The molecule has 0 aliphatic carbocycles. The van der Waals surface area contributed by atoms with Crippen LogP contribution in [0.1, 0.15) is 37.0 Å². The smallest absolute Gasteiger partial charge is 0.430 e. The number of cyclic esters (lactones) is 1. The van der Waals surface area contributed by atoms with Crippen LogP contribution in [-0.4, -0.2) is 48.4 Å². The number of ether oxygens (including phenoxy) is 1. The third kappa shape index (κ3) is 4.70. The standard InChI is InChI=1S/C21H22F5N5O2/c1-2-20(22,23)12-10-14(29-15(11-12)31-8-3-5-27-7-9-31)13-4-6-28-18-16(13)17(21(24,25)26)33-19(32)30-18/h4,6,10-11,17,27H,2-3,5,7-9H2,1H3,(H,28,30,32)/t17-/m1/s1. The highest BCUT2D eigenvalue weighted by Gasteiger charge is 2.49. The van der Waals surface area contributed by atoms with Crippen molar-refractivity contribution in [3.63, 3.8) is 0 Å². The number of fused-ring (bicyclic) bond motifs is 1. The lowest BCUT2D eigenvalue weighted by Crippen LogP contribution is -2.34. The molecule has 1 amide bonds. The number of hydrogen-bond donors (Lipinski definition) is 2. The van der Waals surface area contributed by atoms with Gasteiger partial charge in [-0.1, -0.05) is 6.92 Å². The number of nitrogens with zero attached hydrogens (tertiary/aromatic N) is 3. The van der Waals surface area contributed by atoms with E-state index in [2.05, 4.69) is 25.3 Å². The van der Waals surface area contributed by atoms with Crippen molar-refractivity contribution in [3.05, 3.63) is 35.5 Å². The highest BCUT2D eigenvalue weighted by molar-refractivity contribution is 5.89. The summed E-state index contributed by atoms with van der Waals surface area (Å²) in [7, 11) is 0. The van der Waals surface area contributed by atoms with Crippen molar-refractivity contribution in [2.24, 2.45) is 0 Å². The van der Waals surface area contributed by atoms with E-state index in [0.717, 1.165) is 19.0 Å². The minimum absolute atomic E-state index is 0.0829. The first-order valence-electron chi connectivity index (χ1n) is 10.5. The number of nitrogens with one attached hydrogen (secondary N) is 2. The Labute approximate surface area is 186 Å². The fourth-order valence-electron chi connectivity index (χ4n) is 3.89. The topological polar surface area (TPSA) is 79.4 Å². The Morgan fingerprint density at radius 3 is 2.70 bits per heavy atom. The van der Waals surface area contributed by atoms with Crippen LogP contribution in [-0.2, 0) is 10.7 Å². The van der Waals surface area contributed by atoms with Gasteiger partial charge in [-0.15, -0.1) is 0 Å². The molecular formula is C21H22F5N5O2. The average molecular weight is 471 g/mol. The van der Waals surface area contributed by atoms with Crippen molar-refractivity contribution >= 4 is 17.7 Å². The number of aromatic nitrogens is 2. The molecule has 7 nitrogen and oxygen atoms in total. The lowest BCUT2D eigenvalue weighted by atomic mass is 9.96. The van der Waals surface area contributed by atoms with E-state index in [1.807, 2.05) is 4.90 Å². The summed E-state index contributed by atoms with van der Waals surface area (Å²) in [5.74, 6) is -3.31. The molecule has 0 bridgehead atoms. The number of anilines is 2. The first kappa shape index (κ1) is 23.1. The summed E-state index contributed by atoms with van der Waals surface area (Å²) in [6.07, 6.45) is -7.38. The maximum atomic E-state index is 14.7. The highest BCUT2D eigenvalue weighted by atomic mass is 19.4. The Morgan fingerprint density at radius 1 is 1.18 bits per heavy atom. The van der Waals surface area contributed by atoms with Crippen LogP contribution in [0.25, 0.3) is 11.3 Å². The van der Waals surface area contributed by atoms with Gasteiger partial charge in [-0.2, -0.15) is 13.2 Å². The van der Waals surface area contributed by atoms with E-state index >= 15 is 0 Å². The van der Waals surface area contributed by atoms with Crippen molar-refractivity contribution < 1.29 is 31.5 Å². The van der Waals surface area contributed by atoms with E-state index < -0.39 is 36.3 Å². The molecule has 178 valence electrons. The van der Waals surface area contributed by atoms with Gasteiger partial charge in [0, 0.05) is 43.4 Å². The minimum Gasteiger partial charge on any atom is -0.431 e. The number of hydrogen-bond acceptors (Lipinski definition) is 6. The van der Waals surface area contributed by atoms with Crippen LogP contribution in [0, 0.1) is 0 Å². The second kappa shape index (κ2) is 8.73. The SMILES string of the molecule is CCC(F)(F)c1cc(-c2ccnc3c2[C@H](C(F)(F)F)OC(=O)N3)nc(N2CCCNCC2)c1. The summed E-state index contributed by atoms with van der Waals surface area (Å²) >= 11 is 0. The lowest BCUT2D eigenvalue weighted by Gasteiger charge is -2.29. The summed E-state index contributed by atoms with van der Waals surface area (Å²) in [5.41, 5.74) is -1.000. The van der Waals surface area contributed by atoms with Gasteiger partial charge in [0.05, 0.1) is 11.3 Å². The molecular weight excluding hydrogens is 449 g/mol. The Hall–Kier alpha value is -3.02. The van der Waals surface area contributed by atoms with Crippen LogP contribution in [0.4, 0.5) is 38.4 Å². The molecule has 2 N–H and O–H groups in total. The van der Waals surface area contributed by atoms with Crippen LogP contribution in [0.3, 0.4) is 0 Å². The number of rotatable bonds is 4. The fourth-order valence-corrected chi connectivity index (χ4v) is 3.89. The molecule has 33 heavy (non-hydrogen) atoms. The van der Waals surface area contributed by atoms with Crippen molar-refractivity contribution in [1.29, 1.82) is 0 Å². The molecule has 2 aliphatic heterocycles. The largest absolute Gasteiger partial charge is 0.431 e. The second-order valence-corrected chi connectivity index (χ2v) is 7.82. The molecule has 0 saturated carbocycles. The van der Waals surface area contributed by atoms with Gasteiger partial charge in [-0.05, 0) is 31.2 Å². The fraction of sp³-hybridized carbons (Fsp3) is 0.476. The number of halogens is 5. The molecule has 2 aromatic rings. The van der Waals surface area contributed by atoms with E-state index in [-0.39, 0.29) is 28.5 Å². The molecule has 0 radical (unpaired) electrons. The molecule has 1 fully saturated rings. The van der Waals surface area contributed by atoms with Gasteiger partial charge in [0.25, 0.3) is 5.92 Å². The van der Waals surface area contributed by atoms with Crippen molar-refractivity contribution in [1.82, 2.24) is 15.3 Å². The molecule has 1 atom stereocenters. The number of carbonyl (C=O) groups is 1. The summed E-state index contributed by atoms with van der Waals surface area (Å²) in [4.78, 5) is 21.8. The van der Waals surface area contributed by atoms with Gasteiger partial charge >= 0.3 is 12.3 Å². The van der Waals surface area contributed by atoms with E-state index in [9.17, 15) is 26.7 Å². The van der Waals surface area contributed by atoms with Crippen LogP contribution >= 0.6 is 0 Å². The van der Waals surface area contributed by atoms with Crippen LogP contribution < -0.4 is 15.5 Å². The van der Waals surface area contributed by atoms with Gasteiger partial charge < -0.3 is 15.0 Å². The van der Waals surface area contributed by atoms with Gasteiger partial charge in [0.15, 0.2) is 0 Å². The quantitative estimate of drug-likeness (QED) is 0.634. The maximum Gasteiger partial charge on any atom is 0.430 e. The predicted octanol–water partition coefficient (Wildman–Crippen LogP) is 4.61. The zero-order chi connectivity index (χ0) is 23.8.